The summed E-state index contributed by atoms with van der Waals surface area (Å²) < 4.78 is 6.74. The van der Waals surface area contributed by atoms with Gasteiger partial charge in [0.1, 0.15) is 0 Å². The molecule has 1 aromatic heterocycles. The topological polar surface area (TPSA) is 73.2 Å². The molecule has 0 aliphatic rings. The molecule has 0 aliphatic heterocycles. The molecule has 0 saturated carbocycles. The van der Waals surface area contributed by atoms with E-state index in [1.165, 1.54) is 0 Å². The molecule has 1 N–H and O–H groups in total. The molecule has 2 aromatic carbocycles. The minimum atomic E-state index is -0.476. The predicted octanol–water partition coefficient (Wildman–Crippen LogP) is 3.32. The molecule has 0 saturated heterocycles. The Kier molecular flexibility index (Phi) is 6.27. The Morgan fingerprint density at radius 1 is 1.11 bits per heavy atom. The molecule has 27 heavy (non-hydrogen) atoms. The highest BCUT2D eigenvalue weighted by Gasteiger charge is 2.11. The first-order valence-corrected chi connectivity index (χ1v) is 9.55. The zero-order valence-corrected chi connectivity index (χ0v) is 15.6. The normalized spacial score (nSPS) is 10.4. The Bertz CT molecular complexity index is 908. The summed E-state index contributed by atoms with van der Waals surface area (Å²) in [5, 5.41) is 6.93. The number of rotatable bonds is 7. The zero-order chi connectivity index (χ0) is 19.1. The van der Waals surface area contributed by atoms with Crippen LogP contribution in [0.3, 0.4) is 0 Å². The van der Waals surface area contributed by atoms with Gasteiger partial charge in [0.25, 0.3) is 5.91 Å². The highest BCUT2D eigenvalue weighted by molar-refractivity contribution is 7.98. The van der Waals surface area contributed by atoms with Crippen LogP contribution in [0, 0.1) is 0 Å². The van der Waals surface area contributed by atoms with Gasteiger partial charge in [-0.1, -0.05) is 18.2 Å². The fraction of sp³-hybridized carbons (Fsp3) is 0.150. The van der Waals surface area contributed by atoms with E-state index in [0.29, 0.717) is 5.69 Å². The molecule has 1 amide bonds. The minimum absolute atomic E-state index is 0.0581. The van der Waals surface area contributed by atoms with E-state index in [1.807, 2.05) is 60.9 Å². The molecule has 0 unspecified atom stereocenters. The van der Waals surface area contributed by atoms with Gasteiger partial charge in [0, 0.05) is 22.3 Å². The maximum Gasteiger partial charge on any atom is 0.310 e. The van der Waals surface area contributed by atoms with Crippen molar-refractivity contribution in [1.29, 1.82) is 0 Å². The van der Waals surface area contributed by atoms with Crippen molar-refractivity contribution in [2.75, 3.05) is 18.2 Å². The molecular formula is C20H19N3O3S. The van der Waals surface area contributed by atoms with Crippen molar-refractivity contribution in [3.63, 3.8) is 0 Å². The molecule has 0 radical (unpaired) electrons. The Labute approximate surface area is 161 Å². The first kappa shape index (κ1) is 18.7. The Balaban J connectivity index is 1.46. The van der Waals surface area contributed by atoms with Crippen molar-refractivity contribution in [2.45, 2.75) is 11.3 Å². The van der Waals surface area contributed by atoms with Gasteiger partial charge in [0.2, 0.25) is 0 Å². The van der Waals surface area contributed by atoms with Gasteiger partial charge in [-0.2, -0.15) is 5.10 Å². The van der Waals surface area contributed by atoms with Crippen LogP contribution < -0.4 is 5.32 Å². The van der Waals surface area contributed by atoms with Crippen molar-refractivity contribution < 1.29 is 14.3 Å². The maximum absolute atomic E-state index is 12.0. The molecule has 7 heteroatoms. The third-order valence-corrected chi connectivity index (χ3v) is 4.49. The van der Waals surface area contributed by atoms with Crippen LogP contribution in [0.5, 0.6) is 0 Å². The predicted molar refractivity (Wildman–Crippen MR) is 105 cm³/mol. The molecule has 0 spiro atoms. The number of aromatic nitrogens is 2. The molecule has 6 nitrogen and oxygen atoms in total. The van der Waals surface area contributed by atoms with Crippen molar-refractivity contribution in [3.8, 4) is 5.69 Å². The third-order valence-electron chi connectivity index (χ3n) is 3.74. The maximum atomic E-state index is 12.0. The van der Waals surface area contributed by atoms with Gasteiger partial charge in [-0.15, -0.1) is 11.8 Å². The van der Waals surface area contributed by atoms with E-state index in [4.69, 9.17) is 4.74 Å². The van der Waals surface area contributed by atoms with Crippen LogP contribution in [0.25, 0.3) is 5.69 Å². The third kappa shape index (κ3) is 5.46. The smallest absolute Gasteiger partial charge is 0.310 e. The summed E-state index contributed by atoms with van der Waals surface area (Å²) in [6.07, 6.45) is 5.42. The van der Waals surface area contributed by atoms with Gasteiger partial charge in [0.05, 0.1) is 18.3 Å². The van der Waals surface area contributed by atoms with Crippen LogP contribution in [0.1, 0.15) is 5.56 Å². The van der Waals surface area contributed by atoms with E-state index in [-0.39, 0.29) is 18.9 Å². The average molecular weight is 381 g/mol. The second-order valence-electron chi connectivity index (χ2n) is 5.74. The molecule has 0 bridgehead atoms. The van der Waals surface area contributed by atoms with Gasteiger partial charge >= 0.3 is 5.97 Å². The summed E-state index contributed by atoms with van der Waals surface area (Å²) >= 11 is 1.62. The molecule has 3 aromatic rings. The monoisotopic (exact) mass is 381 g/mol. The van der Waals surface area contributed by atoms with Crippen molar-refractivity contribution in [3.05, 3.63) is 72.6 Å². The van der Waals surface area contributed by atoms with Crippen LogP contribution >= 0.6 is 11.8 Å². The van der Waals surface area contributed by atoms with Crippen LogP contribution in [-0.4, -0.2) is 34.5 Å². The number of para-hydroxylation sites is 1. The molecule has 0 aliphatic carbocycles. The molecule has 0 atom stereocenters. The highest BCUT2D eigenvalue weighted by Crippen LogP contribution is 2.17. The summed E-state index contributed by atoms with van der Waals surface area (Å²) in [6.45, 7) is -0.323. The Hall–Kier alpha value is -3.06. The lowest BCUT2D eigenvalue weighted by atomic mass is 10.2. The molecule has 1 heterocycles. The number of ether oxygens (including phenoxy) is 1. The van der Waals surface area contributed by atoms with E-state index in [2.05, 4.69) is 10.4 Å². The van der Waals surface area contributed by atoms with E-state index >= 15 is 0 Å². The number of hydrogen-bond acceptors (Lipinski definition) is 5. The number of carbonyl (C=O) groups excluding carboxylic acids is 2. The lowest BCUT2D eigenvalue weighted by molar-refractivity contribution is -0.146. The van der Waals surface area contributed by atoms with Crippen LogP contribution in [-0.2, 0) is 20.7 Å². The fourth-order valence-electron chi connectivity index (χ4n) is 2.41. The molecular weight excluding hydrogens is 362 g/mol. The lowest BCUT2D eigenvalue weighted by Crippen LogP contribution is -2.21. The van der Waals surface area contributed by atoms with Crippen LogP contribution in [0.2, 0.25) is 0 Å². The largest absolute Gasteiger partial charge is 0.455 e. The minimum Gasteiger partial charge on any atom is -0.455 e. The van der Waals surface area contributed by atoms with Crippen molar-refractivity contribution in [2.24, 2.45) is 0 Å². The molecule has 138 valence electrons. The van der Waals surface area contributed by atoms with E-state index < -0.39 is 5.97 Å². The number of nitrogens with zero attached hydrogens (tertiary/aromatic N) is 2. The van der Waals surface area contributed by atoms with Crippen molar-refractivity contribution >= 4 is 29.3 Å². The van der Waals surface area contributed by atoms with Gasteiger partial charge in [0.15, 0.2) is 6.61 Å². The first-order chi connectivity index (χ1) is 13.1. The van der Waals surface area contributed by atoms with Gasteiger partial charge in [-0.25, -0.2) is 4.68 Å². The summed E-state index contributed by atoms with van der Waals surface area (Å²) in [4.78, 5) is 25.0. The second-order valence-corrected chi connectivity index (χ2v) is 6.62. The van der Waals surface area contributed by atoms with Gasteiger partial charge in [-0.3, -0.25) is 9.59 Å². The number of nitrogens with one attached hydrogen (secondary N) is 1. The molecule has 0 fully saturated rings. The number of anilines is 1. The first-order valence-electron chi connectivity index (χ1n) is 8.32. The quantitative estimate of drug-likeness (QED) is 0.502. The second kappa shape index (κ2) is 9.05. The fourth-order valence-corrected chi connectivity index (χ4v) is 2.82. The molecule has 3 rings (SSSR count). The number of carbonyl (C=O) groups is 2. The van der Waals surface area contributed by atoms with Gasteiger partial charge < -0.3 is 10.1 Å². The van der Waals surface area contributed by atoms with Crippen LogP contribution in [0.4, 0.5) is 5.69 Å². The highest BCUT2D eigenvalue weighted by atomic mass is 32.2. The zero-order valence-electron chi connectivity index (χ0n) is 14.8. The lowest BCUT2D eigenvalue weighted by Gasteiger charge is -2.07. The van der Waals surface area contributed by atoms with Crippen molar-refractivity contribution in [1.82, 2.24) is 9.78 Å². The Morgan fingerprint density at radius 3 is 2.56 bits per heavy atom. The SMILES string of the molecule is CSc1ccc(NC(=O)COC(=O)Cc2cnn(-c3ccccc3)c2)cc1. The van der Waals surface area contributed by atoms with Crippen LogP contribution in [0.15, 0.2) is 71.9 Å². The summed E-state index contributed by atoms with van der Waals surface area (Å²) in [5.41, 5.74) is 2.29. The number of esters is 1. The number of amides is 1. The summed E-state index contributed by atoms with van der Waals surface area (Å²) in [6, 6.07) is 17.0. The number of benzene rings is 2. The van der Waals surface area contributed by atoms with E-state index in [9.17, 15) is 9.59 Å². The number of hydrogen-bond donors (Lipinski definition) is 1. The number of thioether (sulfide) groups is 1. The average Bonchev–Trinajstić information content (AvgIpc) is 3.16. The standard InChI is InChI=1S/C20H19N3O3S/c1-27-18-9-7-16(8-10-18)22-19(24)14-26-20(25)11-15-12-21-23(13-15)17-5-3-2-4-6-17/h2-10,12-13H,11,14H2,1H3,(H,22,24). The van der Waals surface area contributed by atoms with E-state index in [1.54, 1.807) is 28.8 Å². The van der Waals surface area contributed by atoms with Gasteiger partial charge in [-0.05, 0) is 42.7 Å². The summed E-state index contributed by atoms with van der Waals surface area (Å²) in [7, 11) is 0. The Morgan fingerprint density at radius 2 is 1.85 bits per heavy atom. The summed E-state index contributed by atoms with van der Waals surface area (Å²) in [5.74, 6) is -0.851. The van der Waals surface area contributed by atoms with E-state index in [0.717, 1.165) is 16.1 Å².